The fourth-order valence-corrected chi connectivity index (χ4v) is 2.47. The van der Waals surface area contributed by atoms with Crippen LogP contribution in [0.1, 0.15) is 24.2 Å². The van der Waals surface area contributed by atoms with Crippen LogP contribution >= 0.6 is 11.6 Å². The quantitative estimate of drug-likeness (QED) is 0.914. The maximum Gasteiger partial charge on any atom is 0.146 e. The van der Waals surface area contributed by atoms with Gasteiger partial charge in [0.2, 0.25) is 0 Å². The monoisotopic (exact) mass is 293 g/mol. The predicted octanol–water partition coefficient (Wildman–Crippen LogP) is 4.17. The molecule has 0 fully saturated rings. The summed E-state index contributed by atoms with van der Waals surface area (Å²) in [5.74, 6) is -0.340. The van der Waals surface area contributed by atoms with E-state index < -0.39 is 6.10 Å². The molecule has 106 valence electrons. The first-order chi connectivity index (χ1) is 9.49. The first kappa shape index (κ1) is 14.8. The van der Waals surface area contributed by atoms with Crippen molar-refractivity contribution in [1.29, 1.82) is 0 Å². The summed E-state index contributed by atoms with van der Waals surface area (Å²) in [6.07, 6.45) is -0.720. The molecule has 2 nitrogen and oxygen atoms in total. The van der Waals surface area contributed by atoms with Crippen molar-refractivity contribution in [1.82, 2.24) is 0 Å². The van der Waals surface area contributed by atoms with Gasteiger partial charge < -0.3 is 10.0 Å². The van der Waals surface area contributed by atoms with E-state index in [1.807, 2.05) is 18.2 Å². The Bertz CT molecular complexity index is 601. The number of halogens is 2. The van der Waals surface area contributed by atoms with Crippen molar-refractivity contribution in [3.05, 3.63) is 64.4 Å². The topological polar surface area (TPSA) is 23.5 Å². The summed E-state index contributed by atoms with van der Waals surface area (Å²) < 4.78 is 14.1. The molecule has 0 amide bonds. The van der Waals surface area contributed by atoms with Crippen molar-refractivity contribution >= 4 is 17.3 Å². The number of para-hydroxylation sites is 1. The lowest BCUT2D eigenvalue weighted by molar-refractivity contribution is 0.199. The summed E-state index contributed by atoms with van der Waals surface area (Å²) in [6.45, 7) is 2.15. The first-order valence-corrected chi connectivity index (χ1v) is 6.79. The maximum absolute atomic E-state index is 14.1. The zero-order valence-electron chi connectivity index (χ0n) is 11.5. The lowest BCUT2D eigenvalue weighted by Gasteiger charge is -2.24. The molecular formula is C16H17ClFNO. The Morgan fingerprint density at radius 3 is 2.60 bits per heavy atom. The SMILES string of the molecule is CC(O)c1cccc(F)c1N(C)Cc1cccc(Cl)c1. The molecule has 0 radical (unpaired) electrons. The molecule has 2 aromatic rings. The van der Waals surface area contributed by atoms with Gasteiger partial charge in [0.1, 0.15) is 5.82 Å². The summed E-state index contributed by atoms with van der Waals surface area (Å²) in [4.78, 5) is 1.78. The van der Waals surface area contributed by atoms with Gasteiger partial charge in [-0.1, -0.05) is 35.9 Å². The second-order valence-corrected chi connectivity index (χ2v) is 5.28. The molecule has 4 heteroatoms. The zero-order valence-corrected chi connectivity index (χ0v) is 12.2. The van der Waals surface area contributed by atoms with E-state index in [1.54, 1.807) is 37.1 Å². The van der Waals surface area contributed by atoms with Crippen LogP contribution in [0.3, 0.4) is 0 Å². The van der Waals surface area contributed by atoms with Gasteiger partial charge in [-0.15, -0.1) is 0 Å². The van der Waals surface area contributed by atoms with E-state index in [1.165, 1.54) is 6.07 Å². The van der Waals surface area contributed by atoms with Crippen LogP contribution in [0.25, 0.3) is 0 Å². The molecular weight excluding hydrogens is 277 g/mol. The number of hydrogen-bond acceptors (Lipinski definition) is 2. The second-order valence-electron chi connectivity index (χ2n) is 4.84. The Morgan fingerprint density at radius 1 is 1.25 bits per heavy atom. The van der Waals surface area contributed by atoms with Crippen LogP contribution in [0.15, 0.2) is 42.5 Å². The van der Waals surface area contributed by atoms with Gasteiger partial charge in [0.15, 0.2) is 0 Å². The van der Waals surface area contributed by atoms with Crippen molar-refractivity contribution in [2.24, 2.45) is 0 Å². The molecule has 0 heterocycles. The van der Waals surface area contributed by atoms with Gasteiger partial charge in [-0.2, -0.15) is 0 Å². The number of anilines is 1. The first-order valence-electron chi connectivity index (χ1n) is 6.41. The molecule has 1 unspecified atom stereocenters. The van der Waals surface area contributed by atoms with E-state index in [2.05, 4.69) is 0 Å². The standard InChI is InChI=1S/C16H17ClFNO/c1-11(20)14-7-4-8-15(18)16(14)19(2)10-12-5-3-6-13(17)9-12/h3-9,11,20H,10H2,1-2H3. The summed E-state index contributed by atoms with van der Waals surface area (Å²) >= 11 is 5.95. The normalized spacial score (nSPS) is 12.2. The van der Waals surface area contributed by atoms with E-state index in [0.29, 0.717) is 22.8 Å². The minimum Gasteiger partial charge on any atom is -0.389 e. The predicted molar refractivity (Wildman–Crippen MR) is 80.6 cm³/mol. The smallest absolute Gasteiger partial charge is 0.146 e. The van der Waals surface area contributed by atoms with Crippen molar-refractivity contribution in [2.75, 3.05) is 11.9 Å². The van der Waals surface area contributed by atoms with Gasteiger partial charge in [0, 0.05) is 24.2 Å². The van der Waals surface area contributed by atoms with Crippen LogP contribution in [0, 0.1) is 5.82 Å². The van der Waals surface area contributed by atoms with Crippen LogP contribution < -0.4 is 4.90 Å². The minimum absolute atomic E-state index is 0.340. The third kappa shape index (κ3) is 3.30. The van der Waals surface area contributed by atoms with E-state index >= 15 is 0 Å². The number of aliphatic hydroxyl groups is 1. The molecule has 1 atom stereocenters. The van der Waals surface area contributed by atoms with E-state index in [0.717, 1.165) is 5.56 Å². The Kier molecular flexibility index (Phi) is 4.63. The third-order valence-electron chi connectivity index (χ3n) is 3.16. The van der Waals surface area contributed by atoms with Gasteiger partial charge in [0.05, 0.1) is 11.8 Å². The average Bonchev–Trinajstić information content (AvgIpc) is 2.38. The Morgan fingerprint density at radius 2 is 1.95 bits per heavy atom. The molecule has 2 rings (SSSR count). The van der Waals surface area contributed by atoms with E-state index in [9.17, 15) is 9.50 Å². The fraction of sp³-hybridized carbons (Fsp3) is 0.250. The second kappa shape index (κ2) is 6.25. The Hall–Kier alpha value is -1.58. The number of aliphatic hydroxyl groups excluding tert-OH is 1. The molecule has 20 heavy (non-hydrogen) atoms. The summed E-state index contributed by atoms with van der Waals surface area (Å²) in [5.41, 5.74) is 1.98. The summed E-state index contributed by atoms with van der Waals surface area (Å²) in [5, 5.41) is 10.4. The van der Waals surface area contributed by atoms with Gasteiger partial charge in [-0.3, -0.25) is 0 Å². The molecule has 0 aromatic heterocycles. The van der Waals surface area contributed by atoms with Crippen LogP contribution in [0.5, 0.6) is 0 Å². The third-order valence-corrected chi connectivity index (χ3v) is 3.39. The van der Waals surface area contributed by atoms with Gasteiger partial charge in [-0.05, 0) is 30.7 Å². The average molecular weight is 294 g/mol. The van der Waals surface area contributed by atoms with E-state index in [4.69, 9.17) is 11.6 Å². The van der Waals surface area contributed by atoms with Crippen LogP contribution in [-0.2, 0) is 6.54 Å². The lowest BCUT2D eigenvalue weighted by Crippen LogP contribution is -2.20. The number of rotatable bonds is 4. The van der Waals surface area contributed by atoms with Crippen LogP contribution in [0.4, 0.5) is 10.1 Å². The zero-order chi connectivity index (χ0) is 14.7. The molecule has 0 spiro atoms. The molecule has 2 aromatic carbocycles. The molecule has 0 aliphatic carbocycles. The Labute approximate surface area is 123 Å². The van der Waals surface area contributed by atoms with Crippen molar-refractivity contribution in [3.63, 3.8) is 0 Å². The van der Waals surface area contributed by atoms with Crippen LogP contribution in [0.2, 0.25) is 5.02 Å². The highest BCUT2D eigenvalue weighted by Crippen LogP contribution is 2.29. The molecule has 1 N–H and O–H groups in total. The van der Waals surface area contributed by atoms with Crippen molar-refractivity contribution in [3.8, 4) is 0 Å². The molecule has 0 saturated heterocycles. The number of nitrogens with zero attached hydrogens (tertiary/aromatic N) is 1. The highest BCUT2D eigenvalue weighted by Gasteiger charge is 2.16. The number of benzene rings is 2. The van der Waals surface area contributed by atoms with Gasteiger partial charge in [0.25, 0.3) is 0 Å². The highest BCUT2D eigenvalue weighted by molar-refractivity contribution is 6.30. The molecule has 0 saturated carbocycles. The largest absolute Gasteiger partial charge is 0.389 e. The molecule has 0 aliphatic rings. The molecule has 0 aliphatic heterocycles. The fourth-order valence-electron chi connectivity index (χ4n) is 2.26. The van der Waals surface area contributed by atoms with Gasteiger partial charge >= 0.3 is 0 Å². The van der Waals surface area contributed by atoms with Crippen molar-refractivity contribution in [2.45, 2.75) is 19.6 Å². The Balaban J connectivity index is 2.31. The summed E-state index contributed by atoms with van der Waals surface area (Å²) in [7, 11) is 1.80. The maximum atomic E-state index is 14.1. The van der Waals surface area contributed by atoms with Gasteiger partial charge in [-0.25, -0.2) is 4.39 Å². The highest BCUT2D eigenvalue weighted by atomic mass is 35.5. The lowest BCUT2D eigenvalue weighted by atomic mass is 10.1. The summed E-state index contributed by atoms with van der Waals surface area (Å²) in [6, 6.07) is 12.2. The molecule has 0 bridgehead atoms. The number of hydrogen-bond donors (Lipinski definition) is 1. The van der Waals surface area contributed by atoms with Crippen molar-refractivity contribution < 1.29 is 9.50 Å². The minimum atomic E-state index is -0.720. The van der Waals surface area contributed by atoms with E-state index in [-0.39, 0.29) is 5.82 Å². The van der Waals surface area contributed by atoms with Crippen LogP contribution in [-0.4, -0.2) is 12.2 Å².